The van der Waals surface area contributed by atoms with Gasteiger partial charge in [0.2, 0.25) is 0 Å². The van der Waals surface area contributed by atoms with Crippen molar-refractivity contribution in [2.75, 3.05) is 20.8 Å². The van der Waals surface area contributed by atoms with Gasteiger partial charge < -0.3 is 20.1 Å². The number of aromatic nitrogens is 1. The minimum atomic E-state index is 0. The van der Waals surface area contributed by atoms with Gasteiger partial charge >= 0.3 is 0 Å². The second-order valence-corrected chi connectivity index (χ2v) is 6.03. The third kappa shape index (κ3) is 6.35. The number of aryl methyl sites for hydroxylation is 1. The van der Waals surface area contributed by atoms with Crippen LogP contribution in [-0.2, 0) is 13.1 Å². The van der Waals surface area contributed by atoms with E-state index in [1.54, 1.807) is 25.6 Å². The first-order chi connectivity index (χ1) is 11.7. The van der Waals surface area contributed by atoms with Crippen LogP contribution in [0.15, 0.2) is 28.7 Å². The molecule has 0 amide bonds. The first-order valence-electron chi connectivity index (χ1n) is 7.80. The van der Waals surface area contributed by atoms with Crippen LogP contribution in [0.3, 0.4) is 0 Å². The summed E-state index contributed by atoms with van der Waals surface area (Å²) in [5, 5.41) is 6.59. The van der Waals surface area contributed by atoms with Crippen molar-refractivity contribution in [3.05, 3.63) is 39.8 Å². The van der Waals surface area contributed by atoms with Crippen LogP contribution in [0.25, 0.3) is 0 Å². The number of hydrogen-bond donors (Lipinski definition) is 2. The molecule has 2 rings (SSSR count). The quantitative estimate of drug-likeness (QED) is 0.365. The maximum Gasteiger partial charge on any atom is 0.191 e. The molecule has 0 aliphatic rings. The first kappa shape index (κ1) is 21.5. The monoisotopic (exact) mass is 476 g/mol. The highest BCUT2D eigenvalue weighted by Gasteiger charge is 2.06. The molecule has 1 heterocycles. The summed E-state index contributed by atoms with van der Waals surface area (Å²) in [6.07, 6.45) is 0. The summed E-state index contributed by atoms with van der Waals surface area (Å²) < 4.78 is 10.6. The minimum absolute atomic E-state index is 0. The molecule has 0 spiro atoms. The van der Waals surface area contributed by atoms with Crippen LogP contribution in [-0.4, -0.2) is 31.7 Å². The average molecular weight is 476 g/mol. The number of thiazole rings is 1. The number of methoxy groups -OCH3 is 2. The number of nitrogens with one attached hydrogen (secondary N) is 2. The number of hydrogen-bond acceptors (Lipinski definition) is 5. The zero-order chi connectivity index (χ0) is 17.4. The summed E-state index contributed by atoms with van der Waals surface area (Å²) in [6.45, 7) is 6.09. The number of guanidine groups is 1. The maximum absolute atomic E-state index is 5.42. The third-order valence-electron chi connectivity index (χ3n) is 3.51. The summed E-state index contributed by atoms with van der Waals surface area (Å²) >= 11 is 1.64. The van der Waals surface area contributed by atoms with E-state index in [2.05, 4.69) is 20.6 Å². The molecule has 0 aliphatic heterocycles. The van der Waals surface area contributed by atoms with Gasteiger partial charge in [0.15, 0.2) is 5.96 Å². The van der Waals surface area contributed by atoms with Crippen molar-refractivity contribution >= 4 is 41.3 Å². The van der Waals surface area contributed by atoms with E-state index in [0.717, 1.165) is 35.3 Å². The zero-order valence-electron chi connectivity index (χ0n) is 15.0. The third-order valence-corrected chi connectivity index (χ3v) is 4.44. The van der Waals surface area contributed by atoms with Gasteiger partial charge in [0.25, 0.3) is 0 Å². The molecule has 1 aromatic heterocycles. The molecular weight excluding hydrogens is 451 g/mol. The van der Waals surface area contributed by atoms with Crippen molar-refractivity contribution in [3.63, 3.8) is 0 Å². The van der Waals surface area contributed by atoms with E-state index >= 15 is 0 Å². The van der Waals surface area contributed by atoms with Gasteiger partial charge in [0.05, 0.1) is 38.5 Å². The van der Waals surface area contributed by atoms with E-state index in [1.807, 2.05) is 37.6 Å². The van der Waals surface area contributed by atoms with Crippen LogP contribution in [0, 0.1) is 6.92 Å². The number of aliphatic imine (C=N–C) groups is 1. The number of halogens is 1. The summed E-state index contributed by atoms with van der Waals surface area (Å²) in [6, 6.07) is 5.75. The normalized spacial score (nSPS) is 10.8. The summed E-state index contributed by atoms with van der Waals surface area (Å²) in [5.74, 6) is 2.31. The lowest BCUT2D eigenvalue weighted by atomic mass is 10.2. The summed E-state index contributed by atoms with van der Waals surface area (Å²) in [5.41, 5.74) is 3.92. The van der Waals surface area contributed by atoms with Crippen LogP contribution in [0.2, 0.25) is 0 Å². The van der Waals surface area contributed by atoms with Gasteiger partial charge in [-0.3, -0.25) is 0 Å². The Hall–Kier alpha value is -1.55. The molecule has 0 aliphatic carbocycles. The Labute approximate surface area is 170 Å². The fourth-order valence-corrected chi connectivity index (χ4v) is 2.87. The molecule has 0 radical (unpaired) electrons. The molecule has 0 unspecified atom stereocenters. The first-order valence-corrected chi connectivity index (χ1v) is 8.68. The van der Waals surface area contributed by atoms with Crippen LogP contribution in [0.5, 0.6) is 11.5 Å². The molecule has 6 nitrogen and oxygen atoms in total. The SMILES string of the molecule is CCNC(=NCc1ccc(OC)cc1OC)NCc1scnc1C.I. The molecule has 8 heteroatoms. The van der Waals surface area contributed by atoms with E-state index in [0.29, 0.717) is 13.1 Å². The second kappa shape index (κ2) is 11.1. The van der Waals surface area contributed by atoms with E-state index < -0.39 is 0 Å². The molecule has 0 fully saturated rings. The Morgan fingerprint density at radius 1 is 1.24 bits per heavy atom. The van der Waals surface area contributed by atoms with Gasteiger partial charge in [-0.2, -0.15) is 0 Å². The predicted molar refractivity (Wildman–Crippen MR) is 113 cm³/mol. The molecule has 0 saturated heterocycles. The highest BCUT2D eigenvalue weighted by atomic mass is 127. The second-order valence-electron chi connectivity index (χ2n) is 5.09. The maximum atomic E-state index is 5.42. The largest absolute Gasteiger partial charge is 0.497 e. The van der Waals surface area contributed by atoms with Crippen LogP contribution < -0.4 is 20.1 Å². The lowest BCUT2D eigenvalue weighted by Crippen LogP contribution is -2.36. The highest BCUT2D eigenvalue weighted by Crippen LogP contribution is 2.25. The van der Waals surface area contributed by atoms with Crippen LogP contribution in [0.4, 0.5) is 0 Å². The van der Waals surface area contributed by atoms with E-state index in [1.165, 1.54) is 4.88 Å². The Balaban J connectivity index is 0.00000312. The molecule has 0 atom stereocenters. The fraction of sp³-hybridized carbons (Fsp3) is 0.412. The van der Waals surface area contributed by atoms with Gasteiger partial charge in [0, 0.05) is 23.1 Å². The van der Waals surface area contributed by atoms with Gasteiger partial charge in [-0.05, 0) is 26.0 Å². The number of nitrogens with zero attached hydrogens (tertiary/aromatic N) is 2. The molecule has 2 aromatic rings. The van der Waals surface area contributed by atoms with E-state index in [4.69, 9.17) is 9.47 Å². The van der Waals surface area contributed by atoms with Gasteiger partial charge in [-0.25, -0.2) is 9.98 Å². The van der Waals surface area contributed by atoms with Crippen molar-refractivity contribution in [1.82, 2.24) is 15.6 Å². The lowest BCUT2D eigenvalue weighted by Gasteiger charge is -2.12. The summed E-state index contributed by atoms with van der Waals surface area (Å²) in [4.78, 5) is 10.1. The molecule has 0 saturated carbocycles. The van der Waals surface area contributed by atoms with Gasteiger partial charge in [0.1, 0.15) is 11.5 Å². The van der Waals surface area contributed by atoms with Crippen molar-refractivity contribution in [2.45, 2.75) is 26.9 Å². The van der Waals surface area contributed by atoms with Crippen molar-refractivity contribution in [1.29, 1.82) is 0 Å². The predicted octanol–water partition coefficient (Wildman–Crippen LogP) is 3.34. The van der Waals surface area contributed by atoms with Crippen LogP contribution >= 0.6 is 35.3 Å². The topological polar surface area (TPSA) is 67.8 Å². The Morgan fingerprint density at radius 2 is 2.04 bits per heavy atom. The van der Waals surface area contributed by atoms with Gasteiger partial charge in [-0.1, -0.05) is 0 Å². The van der Waals surface area contributed by atoms with E-state index in [9.17, 15) is 0 Å². The van der Waals surface area contributed by atoms with Crippen LogP contribution in [0.1, 0.15) is 23.1 Å². The number of benzene rings is 1. The molecular formula is C17H25IN4O2S. The molecule has 2 N–H and O–H groups in total. The van der Waals surface area contributed by atoms with E-state index in [-0.39, 0.29) is 24.0 Å². The number of rotatable bonds is 7. The minimum Gasteiger partial charge on any atom is -0.497 e. The molecule has 138 valence electrons. The molecule has 0 bridgehead atoms. The summed E-state index contributed by atoms with van der Waals surface area (Å²) in [7, 11) is 3.29. The zero-order valence-corrected chi connectivity index (χ0v) is 18.1. The Bertz CT molecular complexity index is 691. The number of ether oxygens (including phenoxy) is 2. The Kier molecular flexibility index (Phi) is 9.58. The standard InChI is InChI=1S/C17H24N4O2S.HI/c1-5-18-17(20-10-16-12(2)21-11-24-16)19-9-13-6-7-14(22-3)8-15(13)23-4;/h6-8,11H,5,9-10H2,1-4H3,(H2,18,19,20);1H. The van der Waals surface area contributed by atoms with Crippen molar-refractivity contribution in [3.8, 4) is 11.5 Å². The average Bonchev–Trinajstić information content (AvgIpc) is 3.02. The smallest absolute Gasteiger partial charge is 0.191 e. The Morgan fingerprint density at radius 3 is 2.64 bits per heavy atom. The fourth-order valence-electron chi connectivity index (χ4n) is 2.15. The highest BCUT2D eigenvalue weighted by molar-refractivity contribution is 14.0. The molecule has 1 aromatic carbocycles. The van der Waals surface area contributed by atoms with Crippen molar-refractivity contribution < 1.29 is 9.47 Å². The lowest BCUT2D eigenvalue weighted by molar-refractivity contribution is 0.391. The van der Waals surface area contributed by atoms with Crippen molar-refractivity contribution in [2.24, 2.45) is 4.99 Å². The molecule has 25 heavy (non-hydrogen) atoms. The van der Waals surface area contributed by atoms with Gasteiger partial charge in [-0.15, -0.1) is 35.3 Å².